The van der Waals surface area contributed by atoms with Crippen LogP contribution in [0.25, 0.3) is 0 Å². The summed E-state index contributed by atoms with van der Waals surface area (Å²) >= 11 is 0. The fourth-order valence-electron chi connectivity index (χ4n) is 2.08. The zero-order valence-electron chi connectivity index (χ0n) is 13.4. The van der Waals surface area contributed by atoms with Crippen LogP contribution >= 0.6 is 0 Å². The molecule has 1 aliphatic heterocycles. The van der Waals surface area contributed by atoms with E-state index >= 15 is 0 Å². The number of carbonyl (C=O) groups excluding carboxylic acids is 1. The molecule has 8 heteroatoms. The first-order chi connectivity index (χ1) is 9.95. The molecule has 1 rings (SSSR count). The van der Waals surface area contributed by atoms with Crippen molar-refractivity contribution in [1.29, 1.82) is 0 Å². The molecule has 0 aromatic carbocycles. The van der Waals surface area contributed by atoms with Gasteiger partial charge in [-0.3, -0.25) is 0 Å². The number of rotatable bonds is 3. The summed E-state index contributed by atoms with van der Waals surface area (Å²) in [6.45, 7) is 7.11. The van der Waals surface area contributed by atoms with Gasteiger partial charge in [0.15, 0.2) is 0 Å². The van der Waals surface area contributed by atoms with Crippen molar-refractivity contribution in [1.82, 2.24) is 4.90 Å². The Morgan fingerprint density at radius 1 is 1.27 bits per heavy atom. The molecular weight excluding hydrogens is 301 g/mol. The van der Waals surface area contributed by atoms with E-state index in [4.69, 9.17) is 10.8 Å². The van der Waals surface area contributed by atoms with Gasteiger partial charge in [-0.2, -0.15) is 13.2 Å². The van der Waals surface area contributed by atoms with Gasteiger partial charge in [-0.25, -0.2) is 4.79 Å². The Kier molecular flexibility index (Phi) is 8.77. The van der Waals surface area contributed by atoms with Crippen molar-refractivity contribution < 1.29 is 27.8 Å². The second-order valence-electron chi connectivity index (χ2n) is 6.27. The number of nitrogens with zero attached hydrogens (tertiary/aromatic N) is 1. The number of hydrogen-bond acceptors (Lipinski definition) is 4. The molecule has 0 spiro atoms. The van der Waals surface area contributed by atoms with Gasteiger partial charge in [0.2, 0.25) is 0 Å². The lowest BCUT2D eigenvalue weighted by molar-refractivity contribution is -0.185. The predicted molar refractivity (Wildman–Crippen MR) is 77.3 cm³/mol. The minimum absolute atomic E-state index is 0.110. The number of likely N-dealkylation sites (tertiary alicyclic amines) is 1. The van der Waals surface area contributed by atoms with E-state index in [0.29, 0.717) is 26.1 Å². The zero-order chi connectivity index (χ0) is 17.4. The number of aliphatic hydroxyl groups excluding tert-OH is 1. The third-order valence-electron chi connectivity index (χ3n) is 3.09. The lowest BCUT2D eigenvalue weighted by Crippen LogP contribution is -2.39. The van der Waals surface area contributed by atoms with E-state index in [1.54, 1.807) is 20.8 Å². The van der Waals surface area contributed by atoms with E-state index in [2.05, 4.69) is 4.74 Å². The van der Waals surface area contributed by atoms with E-state index in [-0.39, 0.29) is 19.4 Å². The molecule has 1 saturated heterocycles. The Hall–Kier alpha value is -1.02. The van der Waals surface area contributed by atoms with Crippen LogP contribution in [0.15, 0.2) is 0 Å². The first-order valence-electron chi connectivity index (χ1n) is 7.34. The quantitative estimate of drug-likeness (QED) is 0.835. The molecule has 0 aromatic rings. The Morgan fingerprint density at radius 3 is 2.05 bits per heavy atom. The highest BCUT2D eigenvalue weighted by Crippen LogP contribution is 2.33. The lowest BCUT2D eigenvalue weighted by Gasteiger charge is -2.32. The fourth-order valence-corrected chi connectivity index (χ4v) is 2.08. The van der Waals surface area contributed by atoms with Crippen LogP contribution in [0.3, 0.4) is 0 Å². The van der Waals surface area contributed by atoms with E-state index in [1.807, 2.05) is 4.90 Å². The average Bonchev–Trinajstić information content (AvgIpc) is 2.33. The number of amides is 1. The van der Waals surface area contributed by atoms with Crippen LogP contribution in [0, 0.1) is 5.92 Å². The van der Waals surface area contributed by atoms with Crippen LogP contribution in [-0.2, 0) is 4.74 Å². The van der Waals surface area contributed by atoms with E-state index in [0.717, 1.165) is 0 Å². The van der Waals surface area contributed by atoms with Gasteiger partial charge in [0.25, 0.3) is 0 Å². The Balaban J connectivity index is 0.000000472. The van der Waals surface area contributed by atoms with Crippen molar-refractivity contribution in [3.8, 4) is 0 Å². The van der Waals surface area contributed by atoms with Crippen LogP contribution in [0.4, 0.5) is 18.0 Å². The van der Waals surface area contributed by atoms with Crippen molar-refractivity contribution >= 4 is 6.09 Å². The minimum atomic E-state index is -4.02. The van der Waals surface area contributed by atoms with Crippen LogP contribution in [0.2, 0.25) is 0 Å². The summed E-state index contributed by atoms with van der Waals surface area (Å²) in [5.74, 6) is -1.12. The van der Waals surface area contributed by atoms with Gasteiger partial charge in [0.1, 0.15) is 5.60 Å². The summed E-state index contributed by atoms with van der Waals surface area (Å²) in [7, 11) is 0. The smallest absolute Gasteiger partial charge is 0.405 e. The first kappa shape index (κ1) is 21.0. The summed E-state index contributed by atoms with van der Waals surface area (Å²) in [6.07, 6.45) is -3.69. The number of primary amides is 1. The normalized spacial score (nSPS) is 17.6. The summed E-state index contributed by atoms with van der Waals surface area (Å²) < 4.78 is 41.4. The molecule has 0 radical (unpaired) electrons. The number of nitrogens with two attached hydrogens (primary N) is 1. The molecule has 0 unspecified atom stereocenters. The number of hydrogen-bond donors (Lipinski definition) is 2. The van der Waals surface area contributed by atoms with Crippen molar-refractivity contribution in [2.45, 2.75) is 51.8 Å². The Bertz CT molecular complexity index is 322. The molecule has 5 nitrogen and oxygen atoms in total. The summed E-state index contributed by atoms with van der Waals surface area (Å²) in [5.41, 5.74) is 4.26. The second-order valence-corrected chi connectivity index (χ2v) is 6.27. The monoisotopic (exact) mass is 328 g/mol. The number of ether oxygens (including phenoxy) is 1. The van der Waals surface area contributed by atoms with Gasteiger partial charge >= 0.3 is 12.3 Å². The molecule has 1 aliphatic rings. The van der Waals surface area contributed by atoms with Crippen molar-refractivity contribution in [3.63, 3.8) is 0 Å². The highest BCUT2D eigenvalue weighted by Gasteiger charge is 2.40. The molecule has 0 atom stereocenters. The molecule has 1 fully saturated rings. The highest BCUT2D eigenvalue weighted by molar-refractivity contribution is 5.65. The summed E-state index contributed by atoms with van der Waals surface area (Å²) in [5, 5.41) is 8.57. The maximum Gasteiger partial charge on any atom is 0.405 e. The summed E-state index contributed by atoms with van der Waals surface area (Å²) in [4.78, 5) is 12.0. The molecule has 0 saturated carbocycles. The molecule has 22 heavy (non-hydrogen) atoms. The molecule has 0 aromatic heterocycles. The van der Waals surface area contributed by atoms with Crippen molar-refractivity contribution in [3.05, 3.63) is 0 Å². The number of alkyl halides is 3. The molecular formula is C14H27F3N2O3. The lowest BCUT2D eigenvalue weighted by atomic mass is 9.96. The zero-order valence-corrected chi connectivity index (χ0v) is 13.4. The largest absolute Gasteiger partial charge is 0.444 e. The number of carbonyl (C=O) groups is 1. The van der Waals surface area contributed by atoms with Gasteiger partial charge in [-0.1, -0.05) is 0 Å². The Morgan fingerprint density at radius 2 is 1.77 bits per heavy atom. The third-order valence-corrected chi connectivity index (χ3v) is 3.09. The molecule has 3 N–H and O–H groups in total. The van der Waals surface area contributed by atoms with Crippen LogP contribution in [0.1, 0.15) is 40.0 Å². The minimum Gasteiger partial charge on any atom is -0.444 e. The number of halogens is 3. The van der Waals surface area contributed by atoms with Crippen LogP contribution in [0.5, 0.6) is 0 Å². The third kappa shape index (κ3) is 10.7. The van der Waals surface area contributed by atoms with Gasteiger partial charge in [-0.15, -0.1) is 0 Å². The SMILES string of the molecule is CC(C)(C)OC(N)=O.OCCCN1CCC(C(F)(F)F)CC1. The van der Waals surface area contributed by atoms with E-state index < -0.39 is 23.8 Å². The number of aliphatic hydroxyl groups is 1. The second kappa shape index (κ2) is 9.19. The van der Waals surface area contributed by atoms with E-state index in [9.17, 15) is 18.0 Å². The predicted octanol–water partition coefficient (Wildman–Crippen LogP) is 2.52. The number of piperidine rings is 1. The average molecular weight is 328 g/mol. The molecule has 0 aliphatic carbocycles. The van der Waals surface area contributed by atoms with Gasteiger partial charge in [0, 0.05) is 13.2 Å². The van der Waals surface area contributed by atoms with Gasteiger partial charge in [0.05, 0.1) is 5.92 Å². The standard InChI is InChI=1S/C9H16F3NO.C5H11NO2/c10-9(11,12)8-2-5-13(6-3-8)4-1-7-14;1-5(2,3)8-4(6)7/h8,14H,1-7H2;1-3H3,(H2,6,7). The molecule has 132 valence electrons. The van der Waals surface area contributed by atoms with Crippen LogP contribution in [-0.4, -0.2) is 54.1 Å². The Labute approximate surface area is 129 Å². The first-order valence-corrected chi connectivity index (χ1v) is 7.34. The van der Waals surface area contributed by atoms with Crippen molar-refractivity contribution in [2.75, 3.05) is 26.2 Å². The maximum atomic E-state index is 12.3. The van der Waals surface area contributed by atoms with Crippen molar-refractivity contribution in [2.24, 2.45) is 11.7 Å². The highest BCUT2D eigenvalue weighted by atomic mass is 19.4. The molecule has 1 amide bonds. The maximum absolute atomic E-state index is 12.3. The fraction of sp³-hybridized carbons (Fsp3) is 0.929. The van der Waals surface area contributed by atoms with Crippen LogP contribution < -0.4 is 5.73 Å². The van der Waals surface area contributed by atoms with Gasteiger partial charge < -0.3 is 20.5 Å². The van der Waals surface area contributed by atoms with E-state index in [1.165, 1.54) is 0 Å². The van der Waals surface area contributed by atoms with Gasteiger partial charge in [-0.05, 0) is 53.1 Å². The molecule has 1 heterocycles. The topological polar surface area (TPSA) is 75.8 Å². The summed E-state index contributed by atoms with van der Waals surface area (Å²) in [6, 6.07) is 0. The molecule has 0 bridgehead atoms.